The molecule has 1 aromatic carbocycles. The van der Waals surface area contributed by atoms with E-state index < -0.39 is 11.9 Å². The van der Waals surface area contributed by atoms with E-state index in [1.54, 1.807) is 12.1 Å². The van der Waals surface area contributed by atoms with Gasteiger partial charge in [-0.15, -0.1) is 0 Å². The first-order valence-electron chi connectivity index (χ1n) is 6.02. The van der Waals surface area contributed by atoms with Crippen LogP contribution >= 0.6 is 0 Å². The number of ether oxygens (including phenoxy) is 1. The van der Waals surface area contributed by atoms with Gasteiger partial charge in [0.15, 0.2) is 0 Å². The number of phenolic OH excluding ortho intramolecular Hbond substituents is 1. The van der Waals surface area contributed by atoms with E-state index in [-0.39, 0.29) is 24.7 Å². The lowest BCUT2D eigenvalue weighted by Crippen LogP contribution is -2.55. The van der Waals surface area contributed by atoms with E-state index in [4.69, 9.17) is 10.5 Å². The highest BCUT2D eigenvalue weighted by molar-refractivity contribution is 5.87. The van der Waals surface area contributed by atoms with E-state index in [0.717, 1.165) is 0 Å². The summed E-state index contributed by atoms with van der Waals surface area (Å²) in [6, 6.07) is 5.77. The zero-order valence-corrected chi connectivity index (χ0v) is 10.4. The molecule has 1 aromatic rings. The highest BCUT2D eigenvalue weighted by atomic mass is 16.5. The van der Waals surface area contributed by atoms with Crippen LogP contribution in [0.25, 0.3) is 0 Å². The number of morpholine rings is 1. The Hall–Kier alpha value is -2.08. The summed E-state index contributed by atoms with van der Waals surface area (Å²) in [6.45, 7) is 0.891. The maximum absolute atomic E-state index is 12.2. The van der Waals surface area contributed by atoms with Crippen molar-refractivity contribution >= 4 is 11.8 Å². The van der Waals surface area contributed by atoms with Crippen LogP contribution in [0.4, 0.5) is 0 Å². The van der Waals surface area contributed by atoms with Crippen LogP contribution in [-0.4, -0.2) is 47.6 Å². The van der Waals surface area contributed by atoms with Crippen molar-refractivity contribution in [3.05, 3.63) is 29.8 Å². The van der Waals surface area contributed by atoms with Crippen LogP contribution in [0, 0.1) is 0 Å². The zero-order valence-electron chi connectivity index (χ0n) is 10.4. The summed E-state index contributed by atoms with van der Waals surface area (Å²) in [5, 5.41) is 9.36. The maximum Gasteiger partial charge on any atom is 0.242 e. The van der Waals surface area contributed by atoms with Gasteiger partial charge in [0.2, 0.25) is 11.8 Å². The van der Waals surface area contributed by atoms with Crippen molar-refractivity contribution in [3.63, 3.8) is 0 Å². The average molecular weight is 264 g/mol. The number of benzene rings is 1. The van der Waals surface area contributed by atoms with Gasteiger partial charge in [-0.25, -0.2) is 0 Å². The molecule has 6 heteroatoms. The summed E-state index contributed by atoms with van der Waals surface area (Å²) >= 11 is 0. The number of amides is 2. The molecule has 102 valence electrons. The van der Waals surface area contributed by atoms with Crippen LogP contribution in [0.2, 0.25) is 0 Å². The third kappa shape index (κ3) is 3.23. The minimum Gasteiger partial charge on any atom is -0.508 e. The minimum atomic E-state index is -0.710. The Morgan fingerprint density at radius 2 is 2.26 bits per heavy atom. The molecule has 3 N–H and O–H groups in total. The number of rotatable bonds is 3. The molecule has 1 unspecified atom stereocenters. The number of primary amides is 1. The van der Waals surface area contributed by atoms with Gasteiger partial charge in [0.1, 0.15) is 11.8 Å². The number of hydrogen-bond acceptors (Lipinski definition) is 4. The largest absolute Gasteiger partial charge is 0.508 e. The van der Waals surface area contributed by atoms with Gasteiger partial charge in [0, 0.05) is 6.54 Å². The minimum absolute atomic E-state index is 0.110. The van der Waals surface area contributed by atoms with Gasteiger partial charge >= 0.3 is 0 Å². The number of nitrogens with two attached hydrogens (primary N) is 1. The predicted molar refractivity (Wildman–Crippen MR) is 67.3 cm³/mol. The van der Waals surface area contributed by atoms with E-state index in [2.05, 4.69) is 0 Å². The Morgan fingerprint density at radius 3 is 2.95 bits per heavy atom. The first-order valence-corrected chi connectivity index (χ1v) is 6.02. The Labute approximate surface area is 110 Å². The van der Waals surface area contributed by atoms with Crippen molar-refractivity contribution in [1.82, 2.24) is 4.90 Å². The molecule has 0 saturated carbocycles. The number of carbonyl (C=O) groups is 2. The third-order valence-corrected chi connectivity index (χ3v) is 3.04. The van der Waals surface area contributed by atoms with Gasteiger partial charge in [0.25, 0.3) is 0 Å². The summed E-state index contributed by atoms with van der Waals surface area (Å²) < 4.78 is 5.16. The van der Waals surface area contributed by atoms with Crippen LogP contribution in [0.1, 0.15) is 5.56 Å². The zero-order chi connectivity index (χ0) is 13.8. The average Bonchev–Trinajstić information content (AvgIpc) is 2.38. The number of aromatic hydroxyl groups is 1. The predicted octanol–water partition coefficient (Wildman–Crippen LogP) is -0.353. The maximum atomic E-state index is 12.2. The van der Waals surface area contributed by atoms with Crippen LogP contribution in [0.15, 0.2) is 24.3 Å². The molecule has 2 rings (SSSR count). The van der Waals surface area contributed by atoms with Crippen LogP contribution < -0.4 is 5.73 Å². The van der Waals surface area contributed by atoms with E-state index in [0.29, 0.717) is 18.7 Å². The fourth-order valence-corrected chi connectivity index (χ4v) is 2.08. The van der Waals surface area contributed by atoms with Crippen molar-refractivity contribution in [2.75, 3.05) is 19.8 Å². The number of carbonyl (C=O) groups excluding carboxylic acids is 2. The standard InChI is InChI=1S/C13H16N2O4/c14-13(18)11-8-19-5-4-15(11)12(17)7-9-2-1-3-10(16)6-9/h1-3,6,11,16H,4-5,7-8H2,(H2,14,18). The van der Waals surface area contributed by atoms with E-state index in [1.165, 1.54) is 17.0 Å². The van der Waals surface area contributed by atoms with E-state index in [1.807, 2.05) is 0 Å². The van der Waals surface area contributed by atoms with Gasteiger partial charge in [-0.3, -0.25) is 9.59 Å². The quantitative estimate of drug-likeness (QED) is 0.780. The summed E-state index contributed by atoms with van der Waals surface area (Å²) in [7, 11) is 0. The van der Waals surface area contributed by atoms with E-state index >= 15 is 0 Å². The molecular formula is C13H16N2O4. The second-order valence-corrected chi connectivity index (χ2v) is 4.43. The van der Waals surface area contributed by atoms with Crippen molar-refractivity contribution in [2.24, 2.45) is 5.73 Å². The first-order chi connectivity index (χ1) is 9.08. The van der Waals surface area contributed by atoms with Crippen molar-refractivity contribution in [1.29, 1.82) is 0 Å². The van der Waals surface area contributed by atoms with Crippen LogP contribution in [0.3, 0.4) is 0 Å². The molecule has 19 heavy (non-hydrogen) atoms. The Kier molecular flexibility index (Phi) is 4.01. The molecule has 1 atom stereocenters. The molecule has 0 spiro atoms. The number of hydrogen-bond donors (Lipinski definition) is 2. The van der Waals surface area contributed by atoms with Crippen molar-refractivity contribution in [2.45, 2.75) is 12.5 Å². The first kappa shape index (κ1) is 13.4. The van der Waals surface area contributed by atoms with Crippen molar-refractivity contribution in [3.8, 4) is 5.75 Å². The number of phenols is 1. The molecule has 0 aliphatic carbocycles. The molecule has 0 radical (unpaired) electrons. The number of nitrogens with zero attached hydrogens (tertiary/aromatic N) is 1. The monoisotopic (exact) mass is 264 g/mol. The molecule has 1 heterocycles. The fourth-order valence-electron chi connectivity index (χ4n) is 2.08. The lowest BCUT2D eigenvalue weighted by Gasteiger charge is -2.33. The van der Waals surface area contributed by atoms with Crippen LogP contribution in [-0.2, 0) is 20.7 Å². The van der Waals surface area contributed by atoms with Gasteiger partial charge in [0.05, 0.1) is 19.6 Å². The molecule has 1 aliphatic heterocycles. The molecule has 1 fully saturated rings. The molecule has 2 amide bonds. The topological polar surface area (TPSA) is 92.9 Å². The fraction of sp³-hybridized carbons (Fsp3) is 0.385. The van der Waals surface area contributed by atoms with Crippen LogP contribution in [0.5, 0.6) is 5.75 Å². The molecule has 0 aromatic heterocycles. The van der Waals surface area contributed by atoms with Gasteiger partial charge < -0.3 is 20.5 Å². The Morgan fingerprint density at radius 1 is 1.47 bits per heavy atom. The second-order valence-electron chi connectivity index (χ2n) is 4.43. The Bertz CT molecular complexity index is 489. The van der Waals surface area contributed by atoms with E-state index in [9.17, 15) is 14.7 Å². The summed E-state index contributed by atoms with van der Waals surface area (Å²) in [5.74, 6) is -0.652. The highest BCUT2D eigenvalue weighted by Gasteiger charge is 2.31. The highest BCUT2D eigenvalue weighted by Crippen LogP contribution is 2.14. The normalized spacial score (nSPS) is 19.2. The summed E-state index contributed by atoms with van der Waals surface area (Å²) in [4.78, 5) is 24.9. The van der Waals surface area contributed by atoms with Gasteiger partial charge in [-0.1, -0.05) is 12.1 Å². The molecule has 6 nitrogen and oxygen atoms in total. The SMILES string of the molecule is NC(=O)C1COCCN1C(=O)Cc1cccc(O)c1. The summed E-state index contributed by atoms with van der Waals surface area (Å²) in [5.41, 5.74) is 5.95. The smallest absolute Gasteiger partial charge is 0.242 e. The lowest BCUT2D eigenvalue weighted by atomic mass is 10.1. The molecular weight excluding hydrogens is 248 g/mol. The summed E-state index contributed by atoms with van der Waals surface area (Å²) in [6.07, 6.45) is 0.123. The van der Waals surface area contributed by atoms with Gasteiger partial charge in [-0.05, 0) is 17.7 Å². The molecule has 1 aliphatic rings. The van der Waals surface area contributed by atoms with Crippen molar-refractivity contribution < 1.29 is 19.4 Å². The van der Waals surface area contributed by atoms with Gasteiger partial charge in [-0.2, -0.15) is 0 Å². The Balaban J connectivity index is 2.07. The molecule has 0 bridgehead atoms. The second kappa shape index (κ2) is 5.71. The molecule has 1 saturated heterocycles. The lowest BCUT2D eigenvalue weighted by molar-refractivity contribution is -0.146. The third-order valence-electron chi connectivity index (χ3n) is 3.04.